The number of fused-ring (bicyclic) bond motifs is 1. The van der Waals surface area contributed by atoms with Crippen LogP contribution in [0.3, 0.4) is 0 Å². The largest absolute Gasteiger partial charge is 0.493 e. The number of hydrogen-bond acceptors (Lipinski definition) is 10. The van der Waals surface area contributed by atoms with E-state index in [-0.39, 0.29) is 46.4 Å². The van der Waals surface area contributed by atoms with Gasteiger partial charge in [-0.25, -0.2) is 9.78 Å². The molecule has 1 aromatic heterocycles. The Bertz CT molecular complexity index is 1630. The fraction of sp³-hybridized carbons (Fsp3) is 0.345. The third kappa shape index (κ3) is 4.82. The number of hydrogen-bond donors (Lipinski definition) is 1. The van der Waals surface area contributed by atoms with E-state index in [4.69, 9.17) is 21.2 Å². The maximum absolute atomic E-state index is 15.1. The van der Waals surface area contributed by atoms with Gasteiger partial charge in [-0.15, -0.1) is 5.06 Å². The molecule has 0 radical (unpaired) electrons. The van der Waals surface area contributed by atoms with Gasteiger partial charge in [-0.2, -0.15) is 12.7 Å². The van der Waals surface area contributed by atoms with Gasteiger partial charge in [0.25, 0.3) is 15.9 Å². The summed E-state index contributed by atoms with van der Waals surface area (Å²) in [4.78, 5) is 39.5. The third-order valence-corrected chi connectivity index (χ3v) is 9.13. The van der Waals surface area contributed by atoms with Crippen LogP contribution in [0.1, 0.15) is 30.0 Å². The van der Waals surface area contributed by atoms with Crippen LogP contribution in [-0.4, -0.2) is 79.7 Å². The second kappa shape index (κ2) is 11.3. The monoisotopic (exact) mass is 614 g/mol. The van der Waals surface area contributed by atoms with Crippen molar-refractivity contribution in [1.82, 2.24) is 14.9 Å². The van der Waals surface area contributed by atoms with Crippen molar-refractivity contribution in [3.63, 3.8) is 0 Å². The number of aliphatic hydroxyl groups excluding tert-OH is 1. The molecule has 0 bridgehead atoms. The number of carbonyl (C=O) groups excluding carboxylic acids is 2. The number of halogens is 1. The van der Waals surface area contributed by atoms with Crippen molar-refractivity contribution in [3.8, 4) is 5.75 Å². The van der Waals surface area contributed by atoms with E-state index in [0.717, 1.165) is 5.56 Å². The van der Waals surface area contributed by atoms with Gasteiger partial charge in [-0.3, -0.25) is 9.69 Å². The van der Waals surface area contributed by atoms with Crippen LogP contribution in [0.2, 0.25) is 5.02 Å². The normalized spacial score (nSPS) is 22.5. The Labute approximate surface area is 249 Å². The van der Waals surface area contributed by atoms with Gasteiger partial charge in [-0.05, 0) is 49.7 Å². The molecule has 5 rings (SSSR count). The molecule has 1 amide bonds. The summed E-state index contributed by atoms with van der Waals surface area (Å²) in [5.74, 6) is -1.32. The summed E-state index contributed by atoms with van der Waals surface area (Å²) in [6.07, 6.45) is 0.319. The van der Waals surface area contributed by atoms with Crippen LogP contribution in [0.5, 0.6) is 5.75 Å². The molecule has 3 atom stereocenters. The number of aromatic nitrogens is 1. The van der Waals surface area contributed by atoms with E-state index in [1.165, 1.54) is 54.5 Å². The Morgan fingerprint density at radius 3 is 2.57 bits per heavy atom. The topological polar surface area (TPSA) is 130 Å². The number of rotatable bonds is 8. The van der Waals surface area contributed by atoms with Gasteiger partial charge in [0.2, 0.25) is 0 Å². The number of β-amino-alcohol motifs (C(OH)–C–C–N with tert-alkyl or cyclic N) is 1. The number of ether oxygens (including phenoxy) is 1. The SMILES string of the molecule is CCOc1ccccc1C1(N2C[C@H](O)C[C@H]2C(=O)ON(C)C)C(=O)N(S(=O)(=O)c2ccc(C)cn2)c2ccc(Cl)cc21. The van der Waals surface area contributed by atoms with E-state index >= 15 is 4.79 Å². The van der Waals surface area contributed by atoms with Gasteiger partial charge in [0.1, 0.15) is 11.8 Å². The third-order valence-electron chi connectivity index (χ3n) is 7.28. The number of carbonyl (C=O) groups is 2. The quantitative estimate of drug-likeness (QED) is 0.378. The van der Waals surface area contributed by atoms with Crippen molar-refractivity contribution in [3.05, 3.63) is 82.5 Å². The zero-order chi connectivity index (χ0) is 30.4. The lowest BCUT2D eigenvalue weighted by molar-refractivity contribution is -0.185. The Kier molecular flexibility index (Phi) is 8.03. The molecule has 42 heavy (non-hydrogen) atoms. The zero-order valence-corrected chi connectivity index (χ0v) is 25.1. The lowest BCUT2D eigenvalue weighted by atomic mass is 9.81. The molecule has 1 unspecified atom stereocenters. The Morgan fingerprint density at radius 2 is 1.90 bits per heavy atom. The van der Waals surface area contributed by atoms with E-state index in [9.17, 15) is 18.3 Å². The average Bonchev–Trinajstić information content (AvgIpc) is 3.44. The van der Waals surface area contributed by atoms with E-state index in [1.54, 1.807) is 44.2 Å². The molecule has 3 heterocycles. The van der Waals surface area contributed by atoms with Crippen LogP contribution >= 0.6 is 11.6 Å². The van der Waals surface area contributed by atoms with Crippen LogP contribution < -0.4 is 9.04 Å². The lowest BCUT2D eigenvalue weighted by Crippen LogP contribution is -2.58. The summed E-state index contributed by atoms with van der Waals surface area (Å²) in [7, 11) is -1.49. The van der Waals surface area contributed by atoms with Gasteiger partial charge in [0, 0.05) is 49.4 Å². The van der Waals surface area contributed by atoms with Crippen LogP contribution in [0.15, 0.2) is 65.8 Å². The first-order valence-electron chi connectivity index (χ1n) is 13.3. The highest BCUT2D eigenvalue weighted by Crippen LogP contribution is 2.54. The summed E-state index contributed by atoms with van der Waals surface area (Å²) in [5, 5.41) is 12.0. The van der Waals surface area contributed by atoms with Crippen molar-refractivity contribution in [2.45, 2.75) is 43.0 Å². The fourth-order valence-corrected chi connectivity index (χ4v) is 7.23. The van der Waals surface area contributed by atoms with Gasteiger partial charge >= 0.3 is 5.97 Å². The first-order valence-corrected chi connectivity index (χ1v) is 15.1. The van der Waals surface area contributed by atoms with Gasteiger partial charge < -0.3 is 14.7 Å². The predicted octanol–water partition coefficient (Wildman–Crippen LogP) is 2.88. The number of likely N-dealkylation sites (tertiary alicyclic amines) is 1. The molecule has 1 fully saturated rings. The molecule has 0 spiro atoms. The Balaban J connectivity index is 1.84. The number of aryl methyl sites for hydroxylation is 1. The zero-order valence-electron chi connectivity index (χ0n) is 23.5. The highest BCUT2D eigenvalue weighted by Gasteiger charge is 2.64. The number of amides is 1. The fourth-order valence-electron chi connectivity index (χ4n) is 5.67. The van der Waals surface area contributed by atoms with Gasteiger partial charge in [-0.1, -0.05) is 35.9 Å². The average molecular weight is 615 g/mol. The van der Waals surface area contributed by atoms with E-state index in [2.05, 4.69) is 4.98 Å². The van der Waals surface area contributed by atoms with Crippen LogP contribution in [-0.2, 0) is 30.0 Å². The standard InChI is InChI=1S/C29H31ClN4O7S/c1-5-40-25-9-7-6-8-21(25)29(33-17-20(35)15-24(33)27(36)41-32(3)4)22-14-19(30)11-12-23(22)34(28(29)37)42(38,39)26-13-10-18(2)16-31-26/h6-14,16,20,24,35H,5,15,17H2,1-4H3/t20-,24+,29?/m1/s1. The number of hydroxylamine groups is 2. The number of para-hydroxylation sites is 1. The van der Waals surface area contributed by atoms with Crippen molar-refractivity contribution in [2.75, 3.05) is 31.6 Å². The highest BCUT2D eigenvalue weighted by molar-refractivity contribution is 7.93. The highest BCUT2D eigenvalue weighted by atomic mass is 35.5. The molecule has 222 valence electrons. The minimum atomic E-state index is -4.56. The maximum Gasteiger partial charge on any atom is 0.342 e. The Hall–Kier alpha value is -3.55. The molecule has 2 aromatic carbocycles. The maximum atomic E-state index is 15.1. The molecule has 2 aliphatic rings. The van der Waals surface area contributed by atoms with Gasteiger partial charge in [0.15, 0.2) is 10.6 Å². The first kappa shape index (κ1) is 29.9. The van der Waals surface area contributed by atoms with Crippen molar-refractivity contribution in [1.29, 1.82) is 0 Å². The van der Waals surface area contributed by atoms with Crippen molar-refractivity contribution < 1.29 is 32.7 Å². The summed E-state index contributed by atoms with van der Waals surface area (Å²) < 4.78 is 35.0. The van der Waals surface area contributed by atoms with Crippen molar-refractivity contribution in [2.24, 2.45) is 0 Å². The van der Waals surface area contributed by atoms with E-state index in [1.807, 2.05) is 0 Å². The molecule has 13 heteroatoms. The first-order chi connectivity index (χ1) is 19.9. The lowest BCUT2D eigenvalue weighted by Gasteiger charge is -2.41. The second-order valence-corrected chi connectivity index (χ2v) is 12.5. The summed E-state index contributed by atoms with van der Waals surface area (Å²) in [6, 6.07) is 13.0. The van der Waals surface area contributed by atoms with Crippen LogP contribution in [0, 0.1) is 6.92 Å². The molecule has 2 aliphatic heterocycles. The minimum Gasteiger partial charge on any atom is -0.493 e. The van der Waals surface area contributed by atoms with Gasteiger partial charge in [0.05, 0.1) is 18.4 Å². The molecular weight excluding hydrogens is 584 g/mol. The van der Waals surface area contributed by atoms with E-state index < -0.39 is 39.6 Å². The van der Waals surface area contributed by atoms with Crippen molar-refractivity contribution >= 4 is 39.2 Å². The summed E-state index contributed by atoms with van der Waals surface area (Å²) in [6.45, 7) is 3.64. The number of sulfonamides is 1. The molecule has 0 aliphatic carbocycles. The van der Waals surface area contributed by atoms with Crippen LogP contribution in [0.4, 0.5) is 5.69 Å². The number of benzene rings is 2. The molecule has 0 saturated carbocycles. The smallest absolute Gasteiger partial charge is 0.342 e. The Morgan fingerprint density at radius 1 is 1.17 bits per heavy atom. The predicted molar refractivity (Wildman–Crippen MR) is 154 cm³/mol. The molecule has 1 saturated heterocycles. The number of aliphatic hydroxyl groups is 1. The second-order valence-electron chi connectivity index (χ2n) is 10.3. The molecule has 11 nitrogen and oxygen atoms in total. The van der Waals surface area contributed by atoms with E-state index in [0.29, 0.717) is 10.1 Å². The minimum absolute atomic E-state index is 0.0409. The molecule has 3 aromatic rings. The number of nitrogens with zero attached hydrogens (tertiary/aromatic N) is 4. The molecular formula is C29H31ClN4O7S. The molecule has 1 N–H and O–H groups in total. The number of anilines is 1. The van der Waals surface area contributed by atoms with Crippen LogP contribution in [0.25, 0.3) is 0 Å². The summed E-state index contributed by atoms with van der Waals surface area (Å²) in [5.41, 5.74) is -0.690. The number of pyridine rings is 1. The summed E-state index contributed by atoms with van der Waals surface area (Å²) >= 11 is 6.50.